The standard InChI is InChI=1S/C18H30N2/c1-4-15-6-8-16(9-7-15)17(19)14-20-12-5-10-18(2,3)11-13-20/h6-9,17H,4-5,10-14,19H2,1-3H3. The number of hydrogen-bond acceptors (Lipinski definition) is 2. The van der Waals surface area contributed by atoms with Gasteiger partial charge in [0.15, 0.2) is 0 Å². The molecule has 0 radical (unpaired) electrons. The van der Waals surface area contributed by atoms with Gasteiger partial charge in [0.1, 0.15) is 0 Å². The van der Waals surface area contributed by atoms with Crippen molar-refractivity contribution in [2.24, 2.45) is 11.1 Å². The van der Waals surface area contributed by atoms with E-state index in [9.17, 15) is 0 Å². The van der Waals surface area contributed by atoms with E-state index in [2.05, 4.69) is 49.9 Å². The molecule has 1 aliphatic rings. The van der Waals surface area contributed by atoms with Crippen molar-refractivity contribution in [2.75, 3.05) is 19.6 Å². The topological polar surface area (TPSA) is 29.3 Å². The summed E-state index contributed by atoms with van der Waals surface area (Å²) < 4.78 is 0. The molecule has 2 rings (SSSR count). The van der Waals surface area contributed by atoms with Crippen LogP contribution >= 0.6 is 0 Å². The van der Waals surface area contributed by atoms with Crippen LogP contribution in [0.1, 0.15) is 57.2 Å². The first kappa shape index (κ1) is 15.5. The average Bonchev–Trinajstić information content (AvgIpc) is 2.60. The van der Waals surface area contributed by atoms with Gasteiger partial charge in [0.05, 0.1) is 0 Å². The summed E-state index contributed by atoms with van der Waals surface area (Å²) in [6, 6.07) is 8.96. The zero-order chi connectivity index (χ0) is 14.6. The highest BCUT2D eigenvalue weighted by Crippen LogP contribution is 2.30. The molecule has 1 aromatic rings. The lowest BCUT2D eigenvalue weighted by Gasteiger charge is -2.25. The SMILES string of the molecule is CCc1ccc(C(N)CN2CCCC(C)(C)CC2)cc1. The lowest BCUT2D eigenvalue weighted by atomic mass is 9.85. The molecule has 0 aliphatic carbocycles. The minimum absolute atomic E-state index is 0.141. The second-order valence-electron chi connectivity index (χ2n) is 7.02. The maximum Gasteiger partial charge on any atom is 0.0424 e. The summed E-state index contributed by atoms with van der Waals surface area (Å²) >= 11 is 0. The third kappa shape index (κ3) is 4.32. The molecule has 1 heterocycles. The summed E-state index contributed by atoms with van der Waals surface area (Å²) in [4.78, 5) is 2.55. The number of rotatable bonds is 4. The van der Waals surface area contributed by atoms with Gasteiger partial charge in [-0.15, -0.1) is 0 Å². The van der Waals surface area contributed by atoms with Crippen LogP contribution in [0.4, 0.5) is 0 Å². The Hall–Kier alpha value is -0.860. The van der Waals surface area contributed by atoms with Crippen molar-refractivity contribution in [2.45, 2.75) is 52.5 Å². The maximum atomic E-state index is 6.39. The van der Waals surface area contributed by atoms with E-state index >= 15 is 0 Å². The van der Waals surface area contributed by atoms with Crippen LogP contribution in [0.5, 0.6) is 0 Å². The lowest BCUT2D eigenvalue weighted by Crippen LogP contribution is -2.33. The highest BCUT2D eigenvalue weighted by atomic mass is 15.1. The molecule has 2 N–H and O–H groups in total. The number of likely N-dealkylation sites (tertiary alicyclic amines) is 1. The van der Waals surface area contributed by atoms with E-state index in [1.54, 1.807) is 0 Å². The second kappa shape index (κ2) is 6.73. The van der Waals surface area contributed by atoms with Gasteiger partial charge in [0.2, 0.25) is 0 Å². The molecule has 1 saturated heterocycles. The van der Waals surface area contributed by atoms with E-state index in [0.717, 1.165) is 13.0 Å². The molecule has 0 spiro atoms. The molecule has 1 aliphatic heterocycles. The Labute approximate surface area is 124 Å². The van der Waals surface area contributed by atoms with Crippen molar-refractivity contribution in [1.82, 2.24) is 4.90 Å². The van der Waals surface area contributed by atoms with Gasteiger partial charge >= 0.3 is 0 Å². The van der Waals surface area contributed by atoms with Crippen LogP contribution < -0.4 is 5.73 Å². The summed E-state index contributed by atoms with van der Waals surface area (Å²) in [5, 5.41) is 0. The summed E-state index contributed by atoms with van der Waals surface area (Å²) in [6.45, 7) is 10.3. The molecule has 1 fully saturated rings. The van der Waals surface area contributed by atoms with Crippen molar-refractivity contribution < 1.29 is 0 Å². The van der Waals surface area contributed by atoms with Crippen LogP contribution in [-0.2, 0) is 6.42 Å². The molecule has 20 heavy (non-hydrogen) atoms. The van der Waals surface area contributed by atoms with Crippen LogP contribution in [0.3, 0.4) is 0 Å². The zero-order valence-corrected chi connectivity index (χ0v) is 13.4. The van der Waals surface area contributed by atoms with E-state index in [-0.39, 0.29) is 6.04 Å². The monoisotopic (exact) mass is 274 g/mol. The summed E-state index contributed by atoms with van der Waals surface area (Å²) in [6.07, 6.45) is 5.02. The third-order valence-corrected chi connectivity index (χ3v) is 4.70. The number of hydrogen-bond donors (Lipinski definition) is 1. The lowest BCUT2D eigenvalue weighted by molar-refractivity contribution is 0.250. The Morgan fingerprint density at radius 2 is 1.85 bits per heavy atom. The predicted molar refractivity (Wildman–Crippen MR) is 86.8 cm³/mol. The Morgan fingerprint density at radius 1 is 1.15 bits per heavy atom. The maximum absolute atomic E-state index is 6.39. The van der Waals surface area contributed by atoms with E-state index < -0.39 is 0 Å². The van der Waals surface area contributed by atoms with Crippen molar-refractivity contribution >= 4 is 0 Å². The van der Waals surface area contributed by atoms with E-state index in [1.807, 2.05) is 0 Å². The van der Waals surface area contributed by atoms with Gasteiger partial charge in [-0.3, -0.25) is 0 Å². The van der Waals surface area contributed by atoms with Crippen LogP contribution in [0, 0.1) is 5.41 Å². The van der Waals surface area contributed by atoms with Crippen molar-refractivity contribution in [3.05, 3.63) is 35.4 Å². The van der Waals surface area contributed by atoms with Gasteiger partial charge in [-0.25, -0.2) is 0 Å². The minimum atomic E-state index is 0.141. The average molecular weight is 274 g/mol. The van der Waals surface area contributed by atoms with Crippen LogP contribution in [0.25, 0.3) is 0 Å². The molecule has 1 unspecified atom stereocenters. The molecule has 1 aromatic carbocycles. The third-order valence-electron chi connectivity index (χ3n) is 4.70. The van der Waals surface area contributed by atoms with Gasteiger partial charge in [0, 0.05) is 12.6 Å². The van der Waals surface area contributed by atoms with Crippen LogP contribution in [-0.4, -0.2) is 24.5 Å². The Morgan fingerprint density at radius 3 is 2.50 bits per heavy atom. The molecular formula is C18H30N2. The largest absolute Gasteiger partial charge is 0.323 e. The number of nitrogens with two attached hydrogens (primary N) is 1. The minimum Gasteiger partial charge on any atom is -0.323 e. The normalized spacial score (nSPS) is 21.4. The van der Waals surface area contributed by atoms with Crippen LogP contribution in [0.2, 0.25) is 0 Å². The van der Waals surface area contributed by atoms with Gasteiger partial charge in [-0.2, -0.15) is 0 Å². The number of benzene rings is 1. The molecule has 112 valence electrons. The van der Waals surface area contributed by atoms with E-state index in [0.29, 0.717) is 5.41 Å². The molecular weight excluding hydrogens is 244 g/mol. The number of nitrogens with zero attached hydrogens (tertiary/aromatic N) is 1. The van der Waals surface area contributed by atoms with E-state index in [4.69, 9.17) is 5.73 Å². The molecule has 0 saturated carbocycles. The highest BCUT2D eigenvalue weighted by Gasteiger charge is 2.23. The Bertz CT molecular complexity index is 408. The fourth-order valence-electron chi connectivity index (χ4n) is 3.05. The molecule has 2 nitrogen and oxygen atoms in total. The van der Waals surface area contributed by atoms with Crippen molar-refractivity contribution in [3.63, 3.8) is 0 Å². The summed E-state index contributed by atoms with van der Waals surface area (Å²) in [5.41, 5.74) is 9.55. The first-order valence-corrected chi connectivity index (χ1v) is 8.07. The van der Waals surface area contributed by atoms with Gasteiger partial charge in [-0.1, -0.05) is 45.0 Å². The molecule has 2 heteroatoms. The molecule has 0 bridgehead atoms. The van der Waals surface area contributed by atoms with Gasteiger partial charge in [-0.05, 0) is 55.3 Å². The second-order valence-corrected chi connectivity index (χ2v) is 7.02. The van der Waals surface area contributed by atoms with Crippen LogP contribution in [0.15, 0.2) is 24.3 Å². The summed E-state index contributed by atoms with van der Waals surface area (Å²) in [7, 11) is 0. The molecule has 0 aromatic heterocycles. The summed E-state index contributed by atoms with van der Waals surface area (Å²) in [5.74, 6) is 0. The Kier molecular flexibility index (Phi) is 5.22. The fraction of sp³-hybridized carbons (Fsp3) is 0.667. The first-order chi connectivity index (χ1) is 9.50. The first-order valence-electron chi connectivity index (χ1n) is 8.07. The highest BCUT2D eigenvalue weighted by molar-refractivity contribution is 5.25. The van der Waals surface area contributed by atoms with Gasteiger partial charge in [0.25, 0.3) is 0 Å². The van der Waals surface area contributed by atoms with Crippen molar-refractivity contribution in [3.8, 4) is 0 Å². The fourth-order valence-corrected chi connectivity index (χ4v) is 3.05. The number of aryl methyl sites for hydroxylation is 1. The predicted octanol–water partition coefficient (Wildman–Crippen LogP) is 3.76. The molecule has 1 atom stereocenters. The van der Waals surface area contributed by atoms with Crippen molar-refractivity contribution in [1.29, 1.82) is 0 Å². The van der Waals surface area contributed by atoms with E-state index in [1.165, 1.54) is 43.5 Å². The van der Waals surface area contributed by atoms with Gasteiger partial charge < -0.3 is 10.6 Å². The quantitative estimate of drug-likeness (QED) is 0.906. The Balaban J connectivity index is 1.91. The molecule has 0 amide bonds. The smallest absolute Gasteiger partial charge is 0.0424 e. The zero-order valence-electron chi connectivity index (χ0n) is 13.4.